The lowest BCUT2D eigenvalue weighted by Crippen LogP contribution is -2.04. The fraction of sp³-hybridized carbons (Fsp3) is 0.211. The molecule has 0 aliphatic heterocycles. The molecule has 136 valence electrons. The van der Waals surface area contributed by atoms with Gasteiger partial charge in [-0.25, -0.2) is 17.2 Å². The van der Waals surface area contributed by atoms with Crippen LogP contribution < -0.4 is 0 Å². The van der Waals surface area contributed by atoms with E-state index in [1.807, 2.05) is 0 Å². The number of phenols is 1. The van der Waals surface area contributed by atoms with Crippen LogP contribution in [-0.4, -0.2) is 19.7 Å². The molecule has 2 rings (SSSR count). The predicted molar refractivity (Wildman–Crippen MR) is 94.2 cm³/mol. The van der Waals surface area contributed by atoms with E-state index in [2.05, 4.69) is 0 Å². The summed E-state index contributed by atoms with van der Waals surface area (Å²) in [5.41, 5.74) is 0.919. The van der Waals surface area contributed by atoms with Gasteiger partial charge in [0.15, 0.2) is 0 Å². The highest BCUT2D eigenvalue weighted by Crippen LogP contribution is 2.25. The molecule has 7 heteroatoms. The van der Waals surface area contributed by atoms with Crippen molar-refractivity contribution in [1.29, 1.82) is 5.26 Å². The Morgan fingerprint density at radius 1 is 1.27 bits per heavy atom. The minimum absolute atomic E-state index is 0.0384. The van der Waals surface area contributed by atoms with Crippen LogP contribution in [0.15, 0.2) is 52.3 Å². The molecule has 2 aromatic rings. The highest BCUT2D eigenvalue weighted by atomic mass is 32.2. The summed E-state index contributed by atoms with van der Waals surface area (Å²) >= 11 is 0. The molecule has 2 aromatic carbocycles. The minimum atomic E-state index is -4.13. The Morgan fingerprint density at radius 2 is 1.92 bits per heavy atom. The predicted octanol–water partition coefficient (Wildman–Crippen LogP) is 4.16. The lowest BCUT2D eigenvalue weighted by Gasteiger charge is -2.09. The Hall–Kier alpha value is -2.72. The average molecular weight is 377 g/mol. The lowest BCUT2D eigenvalue weighted by atomic mass is 10.0. The van der Waals surface area contributed by atoms with Gasteiger partial charge in [-0.2, -0.15) is 5.26 Å². The minimum Gasteiger partial charge on any atom is -0.508 e. The van der Waals surface area contributed by atoms with Crippen LogP contribution >= 0.6 is 0 Å². The van der Waals surface area contributed by atoms with Crippen LogP contribution in [0.25, 0.3) is 6.08 Å². The van der Waals surface area contributed by atoms with E-state index >= 15 is 0 Å². The molecule has 0 spiro atoms. The van der Waals surface area contributed by atoms with Crippen LogP contribution in [-0.2, 0) is 16.3 Å². The Morgan fingerprint density at radius 3 is 2.50 bits per heavy atom. The molecule has 1 unspecified atom stereocenters. The van der Waals surface area contributed by atoms with Gasteiger partial charge in [0.25, 0.3) is 0 Å². The van der Waals surface area contributed by atoms with Crippen molar-refractivity contribution in [2.24, 2.45) is 0 Å². The molecule has 0 aliphatic carbocycles. The number of hydrogen-bond donors (Lipinski definition) is 1. The fourth-order valence-corrected chi connectivity index (χ4v) is 3.51. The van der Waals surface area contributed by atoms with Crippen molar-refractivity contribution in [3.8, 4) is 11.8 Å². The van der Waals surface area contributed by atoms with Crippen molar-refractivity contribution >= 4 is 15.9 Å². The van der Waals surface area contributed by atoms with Crippen molar-refractivity contribution in [3.63, 3.8) is 0 Å². The summed E-state index contributed by atoms with van der Waals surface area (Å²) in [6.07, 6.45) is 0.577. The van der Waals surface area contributed by atoms with E-state index in [1.54, 1.807) is 6.07 Å². The Balaban J connectivity index is 2.49. The number of nitrogens with zero attached hydrogens (tertiary/aromatic N) is 1. The van der Waals surface area contributed by atoms with Gasteiger partial charge in [0.05, 0.1) is 11.1 Å². The number of nitriles is 1. The average Bonchev–Trinajstić information content (AvgIpc) is 2.59. The molecule has 0 heterocycles. The first kappa shape index (κ1) is 19.6. The second-order valence-electron chi connectivity index (χ2n) is 5.78. The Labute approximate surface area is 150 Å². The molecule has 0 bridgehead atoms. The van der Waals surface area contributed by atoms with Gasteiger partial charge >= 0.3 is 0 Å². The molecule has 0 aromatic heterocycles. The number of sulfone groups is 1. The summed E-state index contributed by atoms with van der Waals surface area (Å²) in [6, 6.07) is 10.0. The van der Waals surface area contributed by atoms with Crippen molar-refractivity contribution in [3.05, 3.63) is 64.3 Å². The quantitative estimate of drug-likeness (QED) is 0.606. The van der Waals surface area contributed by atoms with Gasteiger partial charge in [-0.05, 0) is 73.4 Å². The van der Waals surface area contributed by atoms with Crippen molar-refractivity contribution in [1.82, 2.24) is 0 Å². The SMILES string of the molecule is CC(F)CCc1cc(O)ccc1C=C(C#N)S(=O)(=O)c1ccc(F)cc1. The van der Waals surface area contributed by atoms with Crippen LogP contribution in [0.2, 0.25) is 0 Å². The van der Waals surface area contributed by atoms with E-state index in [4.69, 9.17) is 0 Å². The Bertz CT molecular complexity index is 959. The van der Waals surface area contributed by atoms with E-state index in [0.717, 1.165) is 24.3 Å². The molecule has 0 amide bonds. The van der Waals surface area contributed by atoms with Crippen molar-refractivity contribution in [2.75, 3.05) is 0 Å². The first-order chi connectivity index (χ1) is 12.2. The highest BCUT2D eigenvalue weighted by Gasteiger charge is 2.21. The summed E-state index contributed by atoms with van der Waals surface area (Å²) in [5, 5.41) is 18.9. The number of phenolic OH excluding ortho intramolecular Hbond substituents is 1. The van der Waals surface area contributed by atoms with E-state index < -0.39 is 26.7 Å². The summed E-state index contributed by atoms with van der Waals surface area (Å²) < 4.78 is 51.4. The molecule has 0 fully saturated rings. The highest BCUT2D eigenvalue weighted by molar-refractivity contribution is 7.95. The van der Waals surface area contributed by atoms with Gasteiger partial charge in [0.2, 0.25) is 9.84 Å². The maximum Gasteiger partial charge on any atom is 0.216 e. The largest absolute Gasteiger partial charge is 0.508 e. The zero-order valence-corrected chi connectivity index (χ0v) is 14.8. The van der Waals surface area contributed by atoms with Gasteiger partial charge in [-0.3, -0.25) is 0 Å². The Kier molecular flexibility index (Phi) is 6.11. The monoisotopic (exact) mass is 377 g/mol. The van der Waals surface area contributed by atoms with E-state index in [1.165, 1.54) is 31.2 Å². The van der Waals surface area contributed by atoms with Crippen LogP contribution in [0.5, 0.6) is 5.75 Å². The number of benzene rings is 2. The van der Waals surface area contributed by atoms with Crippen LogP contribution in [0, 0.1) is 17.1 Å². The molecule has 0 radical (unpaired) electrons. The first-order valence-corrected chi connectivity index (χ1v) is 9.31. The summed E-state index contributed by atoms with van der Waals surface area (Å²) in [6.45, 7) is 1.40. The van der Waals surface area contributed by atoms with Crippen LogP contribution in [0.3, 0.4) is 0 Å². The molecule has 26 heavy (non-hydrogen) atoms. The maximum atomic E-state index is 13.1. The molecule has 4 nitrogen and oxygen atoms in total. The van der Waals surface area contributed by atoms with Gasteiger partial charge in [0.1, 0.15) is 22.5 Å². The second kappa shape index (κ2) is 8.11. The molecule has 1 N–H and O–H groups in total. The third-order valence-electron chi connectivity index (χ3n) is 3.75. The normalized spacial score (nSPS) is 13.2. The standard InChI is InChI=1S/C19H17F2NO3S/c1-13(20)2-3-14-10-17(23)7-4-15(14)11-19(12-22)26(24,25)18-8-5-16(21)6-9-18/h4-11,13,23H,2-3H2,1H3. The van der Waals surface area contributed by atoms with Crippen molar-refractivity contribution < 1.29 is 22.3 Å². The van der Waals surface area contributed by atoms with Gasteiger partial charge in [-0.1, -0.05) is 6.07 Å². The number of rotatable bonds is 6. The summed E-state index contributed by atoms with van der Waals surface area (Å²) in [4.78, 5) is -0.728. The molecular weight excluding hydrogens is 360 g/mol. The maximum absolute atomic E-state index is 13.1. The topological polar surface area (TPSA) is 78.2 Å². The third kappa shape index (κ3) is 4.67. The van der Waals surface area contributed by atoms with Gasteiger partial charge in [-0.15, -0.1) is 0 Å². The molecule has 0 aliphatic rings. The summed E-state index contributed by atoms with van der Waals surface area (Å²) in [5.74, 6) is -0.629. The van der Waals surface area contributed by atoms with E-state index in [0.29, 0.717) is 11.1 Å². The smallest absolute Gasteiger partial charge is 0.216 e. The van der Waals surface area contributed by atoms with E-state index in [9.17, 15) is 27.6 Å². The first-order valence-electron chi connectivity index (χ1n) is 7.82. The molecule has 0 saturated carbocycles. The second-order valence-corrected chi connectivity index (χ2v) is 7.70. The molecule has 0 saturated heterocycles. The number of hydrogen-bond acceptors (Lipinski definition) is 4. The van der Waals surface area contributed by atoms with Gasteiger partial charge < -0.3 is 5.11 Å². The number of halogens is 2. The zero-order valence-electron chi connectivity index (χ0n) is 14.0. The zero-order chi connectivity index (χ0) is 19.3. The molecular formula is C19H17F2NO3S. The van der Waals surface area contributed by atoms with Crippen LogP contribution in [0.4, 0.5) is 8.78 Å². The van der Waals surface area contributed by atoms with Gasteiger partial charge in [0, 0.05) is 0 Å². The van der Waals surface area contributed by atoms with Crippen molar-refractivity contribution in [2.45, 2.75) is 30.8 Å². The molecule has 1 atom stereocenters. The van der Waals surface area contributed by atoms with E-state index in [-0.39, 0.29) is 23.5 Å². The lowest BCUT2D eigenvalue weighted by molar-refractivity contribution is 0.341. The fourth-order valence-electron chi connectivity index (χ4n) is 2.36. The number of allylic oxidation sites excluding steroid dienone is 1. The number of aryl methyl sites for hydroxylation is 1. The number of aromatic hydroxyl groups is 1. The third-order valence-corrected chi connectivity index (χ3v) is 5.43. The summed E-state index contributed by atoms with van der Waals surface area (Å²) in [7, 11) is -4.13. The number of alkyl halides is 1. The van der Waals surface area contributed by atoms with Crippen LogP contribution in [0.1, 0.15) is 24.5 Å².